The van der Waals surface area contributed by atoms with Gasteiger partial charge in [0.15, 0.2) is 0 Å². The molecule has 0 spiro atoms. The van der Waals surface area contributed by atoms with Gasteiger partial charge in [-0.3, -0.25) is 0 Å². The van der Waals surface area contributed by atoms with Crippen molar-refractivity contribution in [2.75, 3.05) is 5.33 Å². The average Bonchev–Trinajstić information content (AvgIpc) is 2.66. The van der Waals surface area contributed by atoms with Crippen molar-refractivity contribution in [1.29, 1.82) is 0 Å². The smallest absolute Gasteiger partial charge is 0.0676 e. The summed E-state index contributed by atoms with van der Waals surface area (Å²) in [7, 11) is 0. The van der Waals surface area contributed by atoms with E-state index in [1.807, 2.05) is 0 Å². The van der Waals surface area contributed by atoms with Gasteiger partial charge in [0.1, 0.15) is 0 Å². The molecule has 1 saturated heterocycles. The second kappa shape index (κ2) is 4.98. The van der Waals surface area contributed by atoms with Gasteiger partial charge in [-0.15, -0.1) is 0 Å². The average molecular weight is 261 g/mol. The molecule has 0 radical (unpaired) electrons. The van der Waals surface area contributed by atoms with Crippen LogP contribution in [0.4, 0.5) is 0 Å². The van der Waals surface area contributed by atoms with Crippen LogP contribution >= 0.6 is 15.9 Å². The van der Waals surface area contributed by atoms with E-state index in [-0.39, 0.29) is 0 Å². The van der Waals surface area contributed by atoms with E-state index in [2.05, 4.69) is 22.9 Å². The van der Waals surface area contributed by atoms with Crippen LogP contribution in [0.25, 0.3) is 0 Å². The van der Waals surface area contributed by atoms with Crippen LogP contribution in [-0.4, -0.2) is 17.5 Å². The molecule has 4 atom stereocenters. The summed E-state index contributed by atoms with van der Waals surface area (Å²) < 4.78 is 6.05. The molecule has 1 aliphatic heterocycles. The van der Waals surface area contributed by atoms with Crippen LogP contribution in [0.2, 0.25) is 0 Å². The first kappa shape index (κ1) is 10.9. The van der Waals surface area contributed by atoms with Gasteiger partial charge in [0.2, 0.25) is 0 Å². The van der Waals surface area contributed by atoms with Crippen LogP contribution in [0.3, 0.4) is 0 Å². The number of hydrogen-bond donors (Lipinski definition) is 0. The minimum atomic E-state index is 0.497. The fourth-order valence-electron chi connectivity index (χ4n) is 3.01. The lowest BCUT2D eigenvalue weighted by Gasteiger charge is -2.31. The molecule has 2 heteroatoms. The zero-order valence-electron chi connectivity index (χ0n) is 9.05. The SMILES string of the molecule is CC1CCCC(C2CCC(CBr)O2)C1. The first-order valence-corrected chi connectivity index (χ1v) is 7.13. The molecule has 1 aliphatic carbocycles. The highest BCUT2D eigenvalue weighted by atomic mass is 79.9. The lowest BCUT2D eigenvalue weighted by atomic mass is 9.79. The van der Waals surface area contributed by atoms with Crippen molar-refractivity contribution >= 4 is 15.9 Å². The molecule has 4 unspecified atom stereocenters. The van der Waals surface area contributed by atoms with Gasteiger partial charge in [-0.2, -0.15) is 0 Å². The van der Waals surface area contributed by atoms with Crippen LogP contribution in [0.15, 0.2) is 0 Å². The Morgan fingerprint density at radius 2 is 2.07 bits per heavy atom. The summed E-state index contributed by atoms with van der Waals surface area (Å²) in [6, 6.07) is 0. The van der Waals surface area contributed by atoms with Crippen molar-refractivity contribution in [3.8, 4) is 0 Å². The predicted molar refractivity (Wildman–Crippen MR) is 62.8 cm³/mol. The maximum absolute atomic E-state index is 6.05. The number of rotatable bonds is 2. The molecule has 82 valence electrons. The van der Waals surface area contributed by atoms with E-state index in [4.69, 9.17) is 4.74 Å². The van der Waals surface area contributed by atoms with Gasteiger partial charge in [0.25, 0.3) is 0 Å². The van der Waals surface area contributed by atoms with Gasteiger partial charge in [-0.25, -0.2) is 0 Å². The standard InChI is InChI=1S/C12H21BrO/c1-9-3-2-4-10(7-9)12-6-5-11(8-13)14-12/h9-12H,2-8H2,1H3. The van der Waals surface area contributed by atoms with Gasteiger partial charge in [0.05, 0.1) is 12.2 Å². The van der Waals surface area contributed by atoms with Crippen molar-refractivity contribution in [1.82, 2.24) is 0 Å². The normalized spacial score (nSPS) is 44.1. The highest BCUT2D eigenvalue weighted by Crippen LogP contribution is 2.37. The minimum absolute atomic E-state index is 0.497. The molecule has 0 aromatic heterocycles. The zero-order chi connectivity index (χ0) is 9.97. The summed E-state index contributed by atoms with van der Waals surface area (Å²) in [5, 5.41) is 1.02. The minimum Gasteiger partial charge on any atom is -0.374 e. The molecular formula is C12H21BrO. The Bertz CT molecular complexity index is 183. The molecule has 0 N–H and O–H groups in total. The molecule has 2 aliphatic rings. The topological polar surface area (TPSA) is 9.23 Å². The van der Waals surface area contributed by atoms with Crippen molar-refractivity contribution in [3.63, 3.8) is 0 Å². The fraction of sp³-hybridized carbons (Fsp3) is 1.00. The van der Waals surface area contributed by atoms with Gasteiger partial charge in [0, 0.05) is 5.33 Å². The number of alkyl halides is 1. The Labute approximate surface area is 95.7 Å². The Kier molecular flexibility index (Phi) is 3.89. The molecule has 2 rings (SSSR count). The third-order valence-corrected chi connectivity index (χ3v) is 4.54. The van der Waals surface area contributed by atoms with E-state index in [9.17, 15) is 0 Å². The van der Waals surface area contributed by atoms with Crippen LogP contribution in [0.1, 0.15) is 45.4 Å². The summed E-state index contributed by atoms with van der Waals surface area (Å²) >= 11 is 3.51. The van der Waals surface area contributed by atoms with Gasteiger partial charge >= 0.3 is 0 Å². The summed E-state index contributed by atoms with van der Waals surface area (Å²) in [5.41, 5.74) is 0. The van der Waals surface area contributed by atoms with E-state index in [1.165, 1.54) is 38.5 Å². The Morgan fingerprint density at radius 3 is 2.71 bits per heavy atom. The van der Waals surface area contributed by atoms with E-state index < -0.39 is 0 Å². The lowest BCUT2D eigenvalue weighted by molar-refractivity contribution is 0.00451. The molecule has 1 nitrogen and oxygen atoms in total. The van der Waals surface area contributed by atoms with Crippen LogP contribution in [0.5, 0.6) is 0 Å². The largest absolute Gasteiger partial charge is 0.374 e. The first-order valence-electron chi connectivity index (χ1n) is 6.01. The highest BCUT2D eigenvalue weighted by Gasteiger charge is 2.33. The summed E-state index contributed by atoms with van der Waals surface area (Å²) in [6.07, 6.45) is 9.31. The van der Waals surface area contributed by atoms with Crippen LogP contribution in [-0.2, 0) is 4.74 Å². The summed E-state index contributed by atoms with van der Waals surface area (Å²) in [4.78, 5) is 0. The van der Waals surface area contributed by atoms with Gasteiger partial charge < -0.3 is 4.74 Å². The third-order valence-electron chi connectivity index (χ3n) is 3.82. The Morgan fingerprint density at radius 1 is 1.21 bits per heavy atom. The number of halogens is 1. The van der Waals surface area contributed by atoms with Crippen molar-refractivity contribution < 1.29 is 4.74 Å². The van der Waals surface area contributed by atoms with E-state index in [0.717, 1.165) is 17.2 Å². The van der Waals surface area contributed by atoms with E-state index in [0.29, 0.717) is 12.2 Å². The van der Waals surface area contributed by atoms with Crippen LogP contribution in [0, 0.1) is 11.8 Å². The van der Waals surface area contributed by atoms with Gasteiger partial charge in [-0.05, 0) is 37.5 Å². The molecule has 2 fully saturated rings. The number of hydrogen-bond acceptors (Lipinski definition) is 1. The lowest BCUT2D eigenvalue weighted by Crippen LogP contribution is -2.26. The third kappa shape index (κ3) is 2.52. The van der Waals surface area contributed by atoms with E-state index >= 15 is 0 Å². The maximum atomic E-state index is 6.05. The molecule has 1 heterocycles. The predicted octanol–water partition coefficient (Wildman–Crippen LogP) is 3.76. The Hall–Kier alpha value is 0.440. The highest BCUT2D eigenvalue weighted by molar-refractivity contribution is 9.09. The first-order chi connectivity index (χ1) is 6.79. The summed E-state index contributed by atoms with van der Waals surface area (Å²) in [5.74, 6) is 1.79. The van der Waals surface area contributed by atoms with Crippen molar-refractivity contribution in [3.05, 3.63) is 0 Å². The Balaban J connectivity index is 1.83. The molecule has 14 heavy (non-hydrogen) atoms. The molecule has 0 aromatic carbocycles. The molecule has 1 saturated carbocycles. The second-order valence-corrected chi connectivity index (χ2v) is 5.71. The van der Waals surface area contributed by atoms with Gasteiger partial charge in [-0.1, -0.05) is 35.7 Å². The number of ether oxygens (including phenoxy) is 1. The van der Waals surface area contributed by atoms with Crippen molar-refractivity contribution in [2.24, 2.45) is 11.8 Å². The molecule has 0 bridgehead atoms. The zero-order valence-corrected chi connectivity index (χ0v) is 10.6. The second-order valence-electron chi connectivity index (χ2n) is 5.06. The van der Waals surface area contributed by atoms with Crippen LogP contribution < -0.4 is 0 Å². The molecule has 0 amide bonds. The van der Waals surface area contributed by atoms with E-state index in [1.54, 1.807) is 0 Å². The quantitative estimate of drug-likeness (QED) is 0.688. The fourth-order valence-corrected chi connectivity index (χ4v) is 3.49. The molecule has 0 aromatic rings. The monoisotopic (exact) mass is 260 g/mol. The maximum Gasteiger partial charge on any atom is 0.0676 e. The van der Waals surface area contributed by atoms with Crippen molar-refractivity contribution in [2.45, 2.75) is 57.7 Å². The molecular weight excluding hydrogens is 240 g/mol. The summed E-state index contributed by atoms with van der Waals surface area (Å²) in [6.45, 7) is 2.39.